The molecule has 2 aromatic carbocycles. The van der Waals surface area contributed by atoms with Gasteiger partial charge in [-0.15, -0.1) is 11.8 Å². The summed E-state index contributed by atoms with van der Waals surface area (Å²) in [7, 11) is -3.49. The van der Waals surface area contributed by atoms with Gasteiger partial charge in [-0.1, -0.05) is 24.3 Å². The van der Waals surface area contributed by atoms with Crippen LogP contribution in [0.2, 0.25) is 0 Å². The third-order valence-electron chi connectivity index (χ3n) is 3.65. The summed E-state index contributed by atoms with van der Waals surface area (Å²) in [6.07, 6.45) is 2.85. The zero-order valence-corrected chi connectivity index (χ0v) is 16.8. The third-order valence-corrected chi connectivity index (χ3v) is 6.12. The van der Waals surface area contributed by atoms with Crippen LogP contribution >= 0.6 is 11.8 Å². The summed E-state index contributed by atoms with van der Waals surface area (Å²) in [4.78, 5) is 13.4. The average molecular weight is 393 g/mol. The number of carbonyl (C=O) groups is 1. The highest BCUT2D eigenvalue weighted by Crippen LogP contribution is 2.24. The smallest absolute Gasteiger partial charge is 0.240 e. The molecule has 2 N–H and O–H groups in total. The lowest BCUT2D eigenvalue weighted by atomic mass is 10.1. The molecular formula is C19H24N2O3S2. The molecular weight excluding hydrogens is 368 g/mol. The van der Waals surface area contributed by atoms with Crippen LogP contribution in [-0.4, -0.2) is 26.6 Å². The number of aryl methyl sites for hydroxylation is 1. The Hall–Kier alpha value is -1.83. The highest BCUT2D eigenvalue weighted by molar-refractivity contribution is 7.98. The molecule has 7 heteroatoms. The van der Waals surface area contributed by atoms with E-state index in [2.05, 4.69) is 10.0 Å². The van der Waals surface area contributed by atoms with Crippen molar-refractivity contribution < 1.29 is 13.2 Å². The maximum atomic E-state index is 12.2. The van der Waals surface area contributed by atoms with Gasteiger partial charge in [0.2, 0.25) is 15.9 Å². The molecule has 0 unspecified atom stereocenters. The number of nitrogens with one attached hydrogen (secondary N) is 2. The second kappa shape index (κ2) is 9.21. The summed E-state index contributed by atoms with van der Waals surface area (Å²) in [5, 5.41) is 2.92. The average Bonchev–Trinajstić information content (AvgIpc) is 2.60. The molecule has 5 nitrogen and oxygen atoms in total. The zero-order valence-electron chi connectivity index (χ0n) is 15.2. The molecule has 2 aromatic rings. The molecule has 26 heavy (non-hydrogen) atoms. The number of benzene rings is 2. The van der Waals surface area contributed by atoms with Crippen LogP contribution in [0.25, 0.3) is 0 Å². The Bertz CT molecular complexity index is 847. The predicted molar refractivity (Wildman–Crippen MR) is 107 cm³/mol. The summed E-state index contributed by atoms with van der Waals surface area (Å²) in [6.45, 7) is 3.56. The lowest BCUT2D eigenvalue weighted by Crippen LogP contribution is -2.30. The molecule has 0 spiro atoms. The Morgan fingerprint density at radius 3 is 2.35 bits per heavy atom. The number of carbonyl (C=O) groups excluding carboxylic acids is 1. The van der Waals surface area contributed by atoms with E-state index >= 15 is 0 Å². The van der Waals surface area contributed by atoms with Gasteiger partial charge < -0.3 is 5.32 Å². The Labute approximate surface area is 159 Å². The second-order valence-electron chi connectivity index (χ2n) is 6.17. The van der Waals surface area contributed by atoms with E-state index < -0.39 is 10.0 Å². The van der Waals surface area contributed by atoms with Crippen molar-refractivity contribution in [3.8, 4) is 0 Å². The number of para-hydroxylation sites is 1. The van der Waals surface area contributed by atoms with Gasteiger partial charge in [-0.25, -0.2) is 13.1 Å². The number of rotatable bonds is 8. The van der Waals surface area contributed by atoms with Crippen LogP contribution in [-0.2, 0) is 21.2 Å². The normalized spacial score (nSPS) is 11.5. The first-order chi connectivity index (χ1) is 12.3. The Balaban J connectivity index is 1.94. The second-order valence-corrected chi connectivity index (χ2v) is 8.73. The molecule has 0 heterocycles. The molecule has 1 amide bonds. The Morgan fingerprint density at radius 1 is 1.08 bits per heavy atom. The van der Waals surface area contributed by atoms with Crippen LogP contribution in [0.4, 0.5) is 5.69 Å². The van der Waals surface area contributed by atoms with E-state index in [1.54, 1.807) is 49.9 Å². The molecule has 0 aliphatic heterocycles. The Kier molecular flexibility index (Phi) is 7.25. The molecule has 140 valence electrons. The van der Waals surface area contributed by atoms with E-state index in [0.29, 0.717) is 12.8 Å². The van der Waals surface area contributed by atoms with Gasteiger partial charge in [0, 0.05) is 17.4 Å². The largest absolute Gasteiger partial charge is 0.325 e. The Morgan fingerprint density at radius 2 is 1.73 bits per heavy atom. The zero-order chi connectivity index (χ0) is 19.2. The first kappa shape index (κ1) is 20.5. The summed E-state index contributed by atoms with van der Waals surface area (Å²) < 4.78 is 26.8. The summed E-state index contributed by atoms with van der Waals surface area (Å²) in [5.41, 5.74) is 1.73. The van der Waals surface area contributed by atoms with Crippen LogP contribution in [0.5, 0.6) is 0 Å². The highest BCUT2D eigenvalue weighted by atomic mass is 32.2. The van der Waals surface area contributed by atoms with Crippen molar-refractivity contribution in [3.05, 3.63) is 54.1 Å². The fraction of sp³-hybridized carbons (Fsp3) is 0.316. The molecule has 0 bridgehead atoms. The first-order valence-corrected chi connectivity index (χ1v) is 11.1. The maximum absolute atomic E-state index is 12.2. The molecule has 0 aliphatic rings. The van der Waals surface area contributed by atoms with Crippen LogP contribution in [0.15, 0.2) is 58.3 Å². The summed E-state index contributed by atoms with van der Waals surface area (Å²) in [6, 6.07) is 14.1. The number of amides is 1. The minimum atomic E-state index is -3.49. The molecule has 0 aliphatic carbocycles. The predicted octanol–water partition coefficient (Wildman–Crippen LogP) is 3.67. The first-order valence-electron chi connectivity index (χ1n) is 8.36. The van der Waals surface area contributed by atoms with Gasteiger partial charge in [0.1, 0.15) is 0 Å². The van der Waals surface area contributed by atoms with Crippen molar-refractivity contribution in [3.63, 3.8) is 0 Å². The standard InChI is InChI=1S/C19H24N2O3S2/c1-14(2)21-26(23,24)16-11-8-15(9-12-16)10-13-19(22)20-17-6-4-5-7-18(17)25-3/h4-9,11-12,14,21H,10,13H2,1-3H3,(H,20,22). The fourth-order valence-electron chi connectivity index (χ4n) is 2.43. The molecule has 0 atom stereocenters. The van der Waals surface area contributed by atoms with Gasteiger partial charge in [-0.05, 0) is 56.4 Å². The molecule has 0 saturated carbocycles. The van der Waals surface area contributed by atoms with E-state index in [4.69, 9.17) is 0 Å². The van der Waals surface area contributed by atoms with E-state index in [9.17, 15) is 13.2 Å². The van der Waals surface area contributed by atoms with Crippen LogP contribution in [0.1, 0.15) is 25.8 Å². The van der Waals surface area contributed by atoms with Gasteiger partial charge >= 0.3 is 0 Å². The molecule has 0 fully saturated rings. The molecule has 0 saturated heterocycles. The minimum absolute atomic E-state index is 0.0651. The van der Waals surface area contributed by atoms with Gasteiger partial charge in [0.15, 0.2) is 0 Å². The van der Waals surface area contributed by atoms with Crippen molar-refractivity contribution in [2.24, 2.45) is 0 Å². The number of thioether (sulfide) groups is 1. The quantitative estimate of drug-likeness (QED) is 0.672. The number of hydrogen-bond donors (Lipinski definition) is 2. The lowest BCUT2D eigenvalue weighted by molar-refractivity contribution is -0.116. The molecule has 0 aromatic heterocycles. The van der Waals surface area contributed by atoms with Crippen molar-refractivity contribution in [1.82, 2.24) is 4.72 Å². The fourth-order valence-corrected chi connectivity index (χ4v) is 4.24. The lowest BCUT2D eigenvalue weighted by Gasteiger charge is -2.11. The van der Waals surface area contributed by atoms with Crippen molar-refractivity contribution in [2.45, 2.75) is 42.5 Å². The third kappa shape index (κ3) is 5.86. The van der Waals surface area contributed by atoms with Crippen LogP contribution < -0.4 is 10.0 Å². The summed E-state index contributed by atoms with van der Waals surface area (Å²) >= 11 is 1.58. The number of hydrogen-bond acceptors (Lipinski definition) is 4. The van der Waals surface area contributed by atoms with E-state index in [-0.39, 0.29) is 16.8 Å². The monoisotopic (exact) mass is 392 g/mol. The molecule has 0 radical (unpaired) electrons. The number of sulfonamides is 1. The highest BCUT2D eigenvalue weighted by Gasteiger charge is 2.15. The van der Waals surface area contributed by atoms with Crippen molar-refractivity contribution in [2.75, 3.05) is 11.6 Å². The van der Waals surface area contributed by atoms with Gasteiger partial charge in [-0.3, -0.25) is 4.79 Å². The van der Waals surface area contributed by atoms with Gasteiger partial charge in [0.25, 0.3) is 0 Å². The SMILES string of the molecule is CSc1ccccc1NC(=O)CCc1ccc(S(=O)(=O)NC(C)C)cc1. The van der Waals surface area contributed by atoms with E-state index in [1.165, 1.54) is 0 Å². The topological polar surface area (TPSA) is 75.3 Å². The van der Waals surface area contributed by atoms with Gasteiger partial charge in [-0.2, -0.15) is 0 Å². The van der Waals surface area contributed by atoms with E-state index in [1.807, 2.05) is 30.5 Å². The minimum Gasteiger partial charge on any atom is -0.325 e. The molecule has 2 rings (SSSR count). The van der Waals surface area contributed by atoms with Crippen LogP contribution in [0, 0.1) is 0 Å². The summed E-state index contributed by atoms with van der Waals surface area (Å²) in [5.74, 6) is -0.0651. The van der Waals surface area contributed by atoms with E-state index in [0.717, 1.165) is 16.1 Å². The van der Waals surface area contributed by atoms with Crippen molar-refractivity contribution >= 4 is 33.4 Å². The maximum Gasteiger partial charge on any atom is 0.240 e. The van der Waals surface area contributed by atoms with Crippen molar-refractivity contribution in [1.29, 1.82) is 0 Å². The number of anilines is 1. The van der Waals surface area contributed by atoms with Gasteiger partial charge in [0.05, 0.1) is 10.6 Å². The van der Waals surface area contributed by atoms with Crippen LogP contribution in [0.3, 0.4) is 0 Å².